The van der Waals surface area contributed by atoms with Gasteiger partial charge in [-0.1, -0.05) is 12.1 Å². The third kappa shape index (κ3) is 5.40. The number of aromatic carboxylic acids is 1. The van der Waals surface area contributed by atoms with Gasteiger partial charge in [0, 0.05) is 22.9 Å². The van der Waals surface area contributed by atoms with Gasteiger partial charge in [0.1, 0.15) is 17.2 Å². The van der Waals surface area contributed by atoms with E-state index in [2.05, 4.69) is 15.4 Å². The van der Waals surface area contributed by atoms with Crippen molar-refractivity contribution in [3.8, 4) is 28.7 Å². The number of nitriles is 1. The molecular formula is C25H20N4O7. The molecule has 182 valence electrons. The molecule has 3 rings (SSSR count). The molecule has 0 saturated heterocycles. The Morgan fingerprint density at radius 3 is 2.25 bits per heavy atom. The number of methoxy groups -OCH3 is 2. The van der Waals surface area contributed by atoms with Crippen LogP contribution in [-0.4, -0.2) is 48.1 Å². The number of rotatable bonds is 7. The zero-order chi connectivity index (χ0) is 26.4. The van der Waals surface area contributed by atoms with Crippen molar-refractivity contribution in [2.45, 2.75) is 0 Å². The Morgan fingerprint density at radius 1 is 0.972 bits per heavy atom. The summed E-state index contributed by atoms with van der Waals surface area (Å²) in [5.41, 5.74) is 0.382. The average molecular weight is 488 g/mol. The molecule has 0 atom stereocenters. The highest BCUT2D eigenvalue weighted by molar-refractivity contribution is 6.48. The number of phenols is 1. The van der Waals surface area contributed by atoms with Crippen LogP contribution in [0.25, 0.3) is 11.1 Å². The van der Waals surface area contributed by atoms with E-state index in [9.17, 15) is 24.6 Å². The minimum Gasteiger partial charge on any atom is -0.507 e. The van der Waals surface area contributed by atoms with Crippen LogP contribution in [0.5, 0.6) is 11.5 Å². The second-order valence-corrected chi connectivity index (χ2v) is 7.27. The second-order valence-electron chi connectivity index (χ2n) is 7.27. The number of hydrogen-bond acceptors (Lipinski definition) is 8. The molecule has 0 aliphatic rings. The molecule has 0 aliphatic heterocycles. The van der Waals surface area contributed by atoms with E-state index >= 15 is 0 Å². The predicted molar refractivity (Wildman–Crippen MR) is 130 cm³/mol. The van der Waals surface area contributed by atoms with E-state index in [0.717, 1.165) is 6.07 Å². The van der Waals surface area contributed by atoms with Gasteiger partial charge in [-0.25, -0.2) is 9.59 Å². The lowest BCUT2D eigenvalue weighted by Crippen LogP contribution is -2.24. The summed E-state index contributed by atoms with van der Waals surface area (Å²) >= 11 is 0. The van der Waals surface area contributed by atoms with Gasteiger partial charge in [0.15, 0.2) is 0 Å². The Balaban J connectivity index is 1.94. The maximum atomic E-state index is 12.8. The highest BCUT2D eigenvalue weighted by Crippen LogP contribution is 2.36. The summed E-state index contributed by atoms with van der Waals surface area (Å²) in [5, 5.41) is 42.0. The fraction of sp³-hybridized carbons (Fsp3) is 0.0800. The van der Waals surface area contributed by atoms with Gasteiger partial charge in [0.2, 0.25) is 0 Å². The van der Waals surface area contributed by atoms with Gasteiger partial charge in [0.05, 0.1) is 37.1 Å². The van der Waals surface area contributed by atoms with Crippen molar-refractivity contribution in [1.29, 1.82) is 10.7 Å². The quantitative estimate of drug-likeness (QED) is 0.311. The number of anilines is 2. The highest BCUT2D eigenvalue weighted by atomic mass is 16.5. The molecule has 2 amide bonds. The SMILES string of the molecule is COC(=O)Nc1ccc(-c2cc(C(=N)C(=O)Nc3ccc(C#N)cc3C(=O)O)c(O)cc2OC)cc1. The molecule has 0 aliphatic carbocycles. The monoisotopic (exact) mass is 488 g/mol. The lowest BCUT2D eigenvalue weighted by molar-refractivity contribution is -0.110. The highest BCUT2D eigenvalue weighted by Gasteiger charge is 2.22. The number of carbonyl (C=O) groups is 3. The van der Waals surface area contributed by atoms with Gasteiger partial charge >= 0.3 is 12.1 Å². The van der Waals surface area contributed by atoms with E-state index in [1.54, 1.807) is 24.3 Å². The van der Waals surface area contributed by atoms with Crippen LogP contribution < -0.4 is 15.4 Å². The van der Waals surface area contributed by atoms with Crippen LogP contribution in [0, 0.1) is 16.7 Å². The standard InChI is InChI=1S/C25H20N4O7/c1-35-21-11-20(30)18(10-16(21)14-4-6-15(7-5-14)28-25(34)36-2)22(27)23(31)29-19-8-3-13(12-26)9-17(19)24(32)33/h3-11,27,30H,1-2H3,(H,28,34)(H,29,31)(H,32,33). The number of amides is 2. The first kappa shape index (κ1) is 25.3. The maximum Gasteiger partial charge on any atom is 0.411 e. The molecule has 3 aromatic rings. The molecule has 0 radical (unpaired) electrons. The van der Waals surface area contributed by atoms with Gasteiger partial charge < -0.3 is 25.0 Å². The molecule has 0 spiro atoms. The predicted octanol–water partition coefficient (Wildman–Crippen LogP) is 3.82. The van der Waals surface area contributed by atoms with Crippen molar-refractivity contribution in [3.05, 3.63) is 71.3 Å². The Hall–Kier alpha value is -5.37. The van der Waals surface area contributed by atoms with Crippen molar-refractivity contribution in [2.24, 2.45) is 0 Å². The largest absolute Gasteiger partial charge is 0.507 e. The van der Waals surface area contributed by atoms with Crippen LogP contribution in [0.15, 0.2) is 54.6 Å². The lowest BCUT2D eigenvalue weighted by Gasteiger charge is -2.15. The first-order chi connectivity index (χ1) is 17.2. The first-order valence-electron chi connectivity index (χ1n) is 10.2. The number of nitrogens with zero attached hydrogens (tertiary/aromatic N) is 1. The molecule has 0 fully saturated rings. The van der Waals surface area contributed by atoms with E-state index in [4.69, 9.17) is 15.4 Å². The van der Waals surface area contributed by atoms with Crippen molar-refractivity contribution >= 4 is 35.1 Å². The van der Waals surface area contributed by atoms with Gasteiger partial charge in [-0.2, -0.15) is 5.26 Å². The van der Waals surface area contributed by atoms with Crippen LogP contribution in [0.3, 0.4) is 0 Å². The lowest BCUT2D eigenvalue weighted by atomic mass is 9.98. The van der Waals surface area contributed by atoms with Crippen molar-refractivity contribution in [3.63, 3.8) is 0 Å². The normalized spacial score (nSPS) is 10.0. The summed E-state index contributed by atoms with van der Waals surface area (Å²) in [5.74, 6) is -2.49. The Bertz CT molecular complexity index is 1410. The van der Waals surface area contributed by atoms with Crippen LogP contribution in [0.4, 0.5) is 16.2 Å². The first-order valence-corrected chi connectivity index (χ1v) is 10.2. The molecule has 0 unspecified atom stereocenters. The number of nitrogens with one attached hydrogen (secondary N) is 3. The van der Waals surface area contributed by atoms with Crippen LogP contribution in [0.1, 0.15) is 21.5 Å². The Kier molecular flexibility index (Phi) is 7.51. The number of hydrogen-bond donors (Lipinski definition) is 5. The molecule has 0 bridgehead atoms. The third-order valence-electron chi connectivity index (χ3n) is 5.07. The van der Waals surface area contributed by atoms with Crippen molar-refractivity contribution in [1.82, 2.24) is 0 Å². The molecule has 36 heavy (non-hydrogen) atoms. The zero-order valence-corrected chi connectivity index (χ0v) is 19.1. The van der Waals surface area contributed by atoms with Crippen LogP contribution >= 0.6 is 0 Å². The fourth-order valence-electron chi connectivity index (χ4n) is 3.27. The van der Waals surface area contributed by atoms with E-state index < -0.39 is 29.4 Å². The molecule has 0 saturated carbocycles. The van der Waals surface area contributed by atoms with E-state index in [-0.39, 0.29) is 28.1 Å². The fourth-order valence-corrected chi connectivity index (χ4v) is 3.27. The smallest absolute Gasteiger partial charge is 0.411 e. The summed E-state index contributed by atoms with van der Waals surface area (Å²) in [6, 6.07) is 14.6. The Morgan fingerprint density at radius 2 is 1.67 bits per heavy atom. The molecule has 3 aromatic carbocycles. The summed E-state index contributed by atoms with van der Waals surface area (Å²) < 4.78 is 9.89. The van der Waals surface area contributed by atoms with E-state index in [1.165, 1.54) is 38.5 Å². The molecule has 0 heterocycles. The average Bonchev–Trinajstić information content (AvgIpc) is 2.88. The van der Waals surface area contributed by atoms with Crippen molar-refractivity contribution in [2.75, 3.05) is 24.9 Å². The van der Waals surface area contributed by atoms with Crippen LogP contribution in [0.2, 0.25) is 0 Å². The minimum atomic E-state index is -1.37. The molecule has 11 nitrogen and oxygen atoms in total. The van der Waals surface area contributed by atoms with Crippen LogP contribution in [-0.2, 0) is 9.53 Å². The van der Waals surface area contributed by atoms with Gasteiger partial charge in [-0.15, -0.1) is 0 Å². The van der Waals surface area contributed by atoms with Gasteiger partial charge in [-0.3, -0.25) is 15.5 Å². The van der Waals surface area contributed by atoms with E-state index in [1.807, 2.05) is 6.07 Å². The van der Waals surface area contributed by atoms with Crippen molar-refractivity contribution < 1.29 is 34.1 Å². The van der Waals surface area contributed by atoms with Gasteiger partial charge in [0.25, 0.3) is 5.91 Å². The number of phenolic OH excluding ortho intramolecular Hbond substituents is 1. The summed E-state index contributed by atoms with van der Waals surface area (Å²) in [6.45, 7) is 0. The summed E-state index contributed by atoms with van der Waals surface area (Å²) in [4.78, 5) is 35.7. The number of benzene rings is 3. The number of carboxylic acid groups (broad SMARTS) is 1. The molecular weight excluding hydrogens is 468 g/mol. The number of carbonyl (C=O) groups excluding carboxylic acids is 2. The summed E-state index contributed by atoms with van der Waals surface area (Å²) in [6.07, 6.45) is -0.639. The number of aromatic hydroxyl groups is 1. The Labute approximate surface area is 205 Å². The number of ether oxygens (including phenoxy) is 2. The molecule has 5 N–H and O–H groups in total. The van der Waals surface area contributed by atoms with Gasteiger partial charge in [-0.05, 0) is 42.0 Å². The summed E-state index contributed by atoms with van der Waals surface area (Å²) in [7, 11) is 2.63. The maximum absolute atomic E-state index is 12.8. The number of carboxylic acids is 1. The topological polar surface area (TPSA) is 182 Å². The van der Waals surface area contributed by atoms with E-state index in [0.29, 0.717) is 16.8 Å². The third-order valence-corrected chi connectivity index (χ3v) is 5.07. The second kappa shape index (κ2) is 10.7. The molecule has 11 heteroatoms. The molecule has 0 aromatic heterocycles. The minimum absolute atomic E-state index is 0.0886. The zero-order valence-electron chi connectivity index (χ0n) is 19.1.